The molecule has 0 aromatic heterocycles. The van der Waals surface area contributed by atoms with E-state index in [4.69, 9.17) is 9.16 Å². The van der Waals surface area contributed by atoms with Crippen molar-refractivity contribution < 1.29 is 18.8 Å². The number of benzene rings is 2. The third kappa shape index (κ3) is 5.78. The number of hydrogen-bond donors (Lipinski definition) is 1. The minimum Gasteiger partial charge on any atom is -0.496 e. The number of amides is 2. The summed E-state index contributed by atoms with van der Waals surface area (Å²) in [6.45, 7) is 14.4. The van der Waals surface area contributed by atoms with Crippen LogP contribution in [0.15, 0.2) is 36.4 Å². The number of hydrogen-bond acceptors (Lipinski definition) is 4. The molecule has 1 saturated carbocycles. The van der Waals surface area contributed by atoms with E-state index in [2.05, 4.69) is 52.2 Å². The summed E-state index contributed by atoms with van der Waals surface area (Å²) in [5, 5.41) is 3.23. The normalized spacial score (nSPS) is 20.1. The van der Waals surface area contributed by atoms with E-state index in [1.54, 1.807) is 7.11 Å². The molecular formula is C30H42N2O4Si. The van der Waals surface area contributed by atoms with Crippen LogP contribution in [-0.2, 0) is 22.4 Å². The van der Waals surface area contributed by atoms with Gasteiger partial charge in [-0.3, -0.25) is 9.59 Å². The smallest absolute Gasteiger partial charge is 0.254 e. The van der Waals surface area contributed by atoms with E-state index in [0.29, 0.717) is 13.2 Å². The van der Waals surface area contributed by atoms with Gasteiger partial charge in [0.05, 0.1) is 13.7 Å². The van der Waals surface area contributed by atoms with Crippen molar-refractivity contribution in [2.75, 3.05) is 12.4 Å². The first kappa shape index (κ1) is 27.4. The molecule has 200 valence electrons. The van der Waals surface area contributed by atoms with Crippen molar-refractivity contribution in [1.29, 1.82) is 0 Å². The Kier molecular flexibility index (Phi) is 7.86. The van der Waals surface area contributed by atoms with Crippen LogP contribution in [0.4, 0.5) is 5.69 Å². The van der Waals surface area contributed by atoms with Crippen molar-refractivity contribution >= 4 is 25.8 Å². The molecule has 1 aliphatic carbocycles. The fourth-order valence-corrected chi connectivity index (χ4v) is 6.06. The van der Waals surface area contributed by atoms with E-state index in [9.17, 15) is 9.59 Å². The lowest BCUT2D eigenvalue weighted by Crippen LogP contribution is -2.40. The maximum absolute atomic E-state index is 13.1. The molecule has 4 rings (SSSR count). The number of fused-ring (bicyclic) bond motifs is 1. The van der Waals surface area contributed by atoms with Crippen molar-refractivity contribution in [2.45, 2.75) is 90.7 Å². The Morgan fingerprint density at radius 3 is 2.43 bits per heavy atom. The molecule has 37 heavy (non-hydrogen) atoms. The lowest BCUT2D eigenvalue weighted by Gasteiger charge is -2.36. The first-order valence-corrected chi connectivity index (χ1v) is 16.3. The summed E-state index contributed by atoms with van der Waals surface area (Å²) in [5.41, 5.74) is 4.89. The number of nitrogens with one attached hydrogen (secondary N) is 1. The molecule has 6 nitrogen and oxygen atoms in total. The first-order chi connectivity index (χ1) is 17.4. The zero-order chi connectivity index (χ0) is 27.0. The summed E-state index contributed by atoms with van der Waals surface area (Å²) in [5.74, 6) is 0.849. The van der Waals surface area contributed by atoms with Crippen molar-refractivity contribution in [3.8, 4) is 5.75 Å². The number of methoxy groups -OCH3 is 1. The molecule has 0 radical (unpaired) electrons. The molecule has 2 aromatic carbocycles. The van der Waals surface area contributed by atoms with Gasteiger partial charge in [-0.1, -0.05) is 39.0 Å². The van der Waals surface area contributed by atoms with E-state index in [1.807, 2.05) is 35.2 Å². The molecule has 1 aliphatic heterocycles. The van der Waals surface area contributed by atoms with Gasteiger partial charge in [0.15, 0.2) is 8.32 Å². The second kappa shape index (κ2) is 10.6. The third-order valence-corrected chi connectivity index (χ3v) is 13.2. The van der Waals surface area contributed by atoms with Gasteiger partial charge in [-0.05, 0) is 74.0 Å². The highest BCUT2D eigenvalue weighted by atomic mass is 28.4. The van der Waals surface area contributed by atoms with Gasteiger partial charge in [-0.25, -0.2) is 0 Å². The number of carbonyl (C=O) groups excluding carboxylic acids is 2. The van der Waals surface area contributed by atoms with E-state index in [1.165, 1.54) is 5.56 Å². The molecule has 1 fully saturated rings. The van der Waals surface area contributed by atoms with Crippen LogP contribution in [-0.4, -0.2) is 38.2 Å². The molecule has 2 aromatic rings. The molecular weight excluding hydrogens is 480 g/mol. The van der Waals surface area contributed by atoms with Crippen molar-refractivity contribution in [3.63, 3.8) is 0 Å². The first-order valence-electron chi connectivity index (χ1n) is 13.4. The van der Waals surface area contributed by atoms with Gasteiger partial charge in [0, 0.05) is 41.4 Å². The maximum atomic E-state index is 13.1. The van der Waals surface area contributed by atoms with Crippen LogP contribution in [0.1, 0.15) is 73.5 Å². The monoisotopic (exact) mass is 522 g/mol. The zero-order valence-electron chi connectivity index (χ0n) is 23.4. The second-order valence-electron chi connectivity index (χ2n) is 12.1. The summed E-state index contributed by atoms with van der Waals surface area (Å²) >= 11 is 0. The SMILES string of the molecule is COc1cc(NC(=O)C2CCC(N3Cc4c(C)cccc4C3=O)CC2)ccc1CO[Si](C)(C)C(C)(C)C. The minimum absolute atomic E-state index is 0.0395. The Morgan fingerprint density at radius 2 is 1.81 bits per heavy atom. The lowest BCUT2D eigenvalue weighted by atomic mass is 9.84. The molecule has 0 bridgehead atoms. The lowest BCUT2D eigenvalue weighted by molar-refractivity contribution is -0.121. The molecule has 2 amide bonds. The number of anilines is 1. The van der Waals surface area contributed by atoms with Crippen LogP contribution < -0.4 is 10.1 Å². The number of nitrogens with zero attached hydrogens (tertiary/aromatic N) is 1. The summed E-state index contributed by atoms with van der Waals surface area (Å²) in [4.78, 5) is 28.1. The van der Waals surface area contributed by atoms with Gasteiger partial charge < -0.3 is 19.4 Å². The van der Waals surface area contributed by atoms with Crippen LogP contribution in [0.5, 0.6) is 5.75 Å². The fraction of sp³-hybridized carbons (Fsp3) is 0.533. The second-order valence-corrected chi connectivity index (χ2v) is 16.9. The highest BCUT2D eigenvalue weighted by molar-refractivity contribution is 6.74. The maximum Gasteiger partial charge on any atom is 0.254 e. The third-order valence-electron chi connectivity index (χ3n) is 8.69. The molecule has 0 spiro atoms. The average molecular weight is 523 g/mol. The van der Waals surface area contributed by atoms with Gasteiger partial charge in [-0.15, -0.1) is 0 Å². The largest absolute Gasteiger partial charge is 0.496 e. The van der Waals surface area contributed by atoms with Gasteiger partial charge in [-0.2, -0.15) is 0 Å². The van der Waals surface area contributed by atoms with E-state index in [0.717, 1.165) is 53.8 Å². The summed E-state index contributed by atoms with van der Waals surface area (Å²) in [6, 6.07) is 12.0. The van der Waals surface area contributed by atoms with Gasteiger partial charge in [0.25, 0.3) is 5.91 Å². The Morgan fingerprint density at radius 1 is 1.11 bits per heavy atom. The van der Waals surface area contributed by atoms with E-state index in [-0.39, 0.29) is 28.8 Å². The predicted molar refractivity (Wildman–Crippen MR) is 150 cm³/mol. The summed E-state index contributed by atoms with van der Waals surface area (Å²) in [6.07, 6.45) is 3.27. The molecule has 0 atom stereocenters. The minimum atomic E-state index is -1.88. The molecule has 1 N–H and O–H groups in total. The van der Waals surface area contributed by atoms with Crippen LogP contribution in [0.25, 0.3) is 0 Å². The summed E-state index contributed by atoms with van der Waals surface area (Å²) < 4.78 is 12.0. The highest BCUT2D eigenvalue weighted by Crippen LogP contribution is 2.38. The van der Waals surface area contributed by atoms with Crippen molar-refractivity contribution in [3.05, 3.63) is 58.7 Å². The Bertz CT molecular complexity index is 1160. The number of rotatable bonds is 7. The molecule has 0 unspecified atom stereocenters. The zero-order valence-corrected chi connectivity index (χ0v) is 24.4. The summed E-state index contributed by atoms with van der Waals surface area (Å²) in [7, 11) is -0.227. The van der Waals surface area contributed by atoms with Crippen LogP contribution in [0.2, 0.25) is 18.1 Å². The topological polar surface area (TPSA) is 67.9 Å². The molecule has 1 heterocycles. The predicted octanol–water partition coefficient (Wildman–Crippen LogP) is 6.68. The molecule has 7 heteroatoms. The fourth-order valence-electron chi connectivity index (χ4n) is 5.11. The number of carbonyl (C=O) groups is 2. The molecule has 0 saturated heterocycles. The van der Waals surface area contributed by atoms with Crippen molar-refractivity contribution in [2.24, 2.45) is 5.92 Å². The van der Waals surface area contributed by atoms with E-state index < -0.39 is 8.32 Å². The average Bonchev–Trinajstić information content (AvgIpc) is 3.20. The van der Waals surface area contributed by atoms with Crippen LogP contribution >= 0.6 is 0 Å². The standard InChI is InChI=1S/C30H42N2O4Si/c1-20-9-8-10-25-26(20)18-32(29(25)34)24-15-12-21(13-16-24)28(33)31-23-14-11-22(27(17-23)35-5)19-36-37(6,7)30(2,3)4/h8-11,14,17,21,24H,12-13,15-16,18-19H2,1-7H3,(H,31,33). The van der Waals surface area contributed by atoms with E-state index >= 15 is 0 Å². The Balaban J connectivity index is 1.32. The number of ether oxygens (including phenoxy) is 1. The van der Waals surface area contributed by atoms with Gasteiger partial charge >= 0.3 is 0 Å². The quantitative estimate of drug-likeness (QED) is 0.412. The van der Waals surface area contributed by atoms with Crippen LogP contribution in [0.3, 0.4) is 0 Å². The van der Waals surface area contributed by atoms with Gasteiger partial charge in [0.2, 0.25) is 5.91 Å². The Hall–Kier alpha value is -2.64. The van der Waals surface area contributed by atoms with Crippen molar-refractivity contribution in [1.82, 2.24) is 4.90 Å². The number of aryl methyl sites for hydroxylation is 1. The van der Waals surface area contributed by atoms with Crippen LogP contribution in [0, 0.1) is 12.8 Å². The van der Waals surface area contributed by atoms with Gasteiger partial charge in [0.1, 0.15) is 5.75 Å². The molecule has 2 aliphatic rings. The highest BCUT2D eigenvalue weighted by Gasteiger charge is 2.38. The Labute approximate surface area is 222 Å².